The van der Waals surface area contributed by atoms with Crippen molar-refractivity contribution in [2.75, 3.05) is 19.5 Å². The number of hydrogen-bond donors (Lipinski definition) is 1. The van der Waals surface area contributed by atoms with E-state index in [4.69, 9.17) is 32.7 Å². The lowest BCUT2D eigenvalue weighted by molar-refractivity contribution is -0.116. The van der Waals surface area contributed by atoms with E-state index in [2.05, 4.69) is 17.4 Å². The van der Waals surface area contributed by atoms with Crippen LogP contribution in [0.2, 0.25) is 10.0 Å². The molecule has 37 heavy (non-hydrogen) atoms. The zero-order valence-corrected chi connectivity index (χ0v) is 23.5. The maximum Gasteiger partial charge on any atom is 0.308 e. The number of ether oxygens (including phenoxy) is 2. The van der Waals surface area contributed by atoms with Crippen molar-refractivity contribution in [3.05, 3.63) is 66.6 Å². The highest BCUT2D eigenvalue weighted by molar-refractivity contribution is 8.00. The molecule has 0 radical (unpaired) electrons. The summed E-state index contributed by atoms with van der Waals surface area (Å²) in [6, 6.07) is 11.0. The fourth-order valence-corrected chi connectivity index (χ4v) is 9.87. The highest BCUT2D eigenvalue weighted by Gasteiger charge is 2.55. The Kier molecular flexibility index (Phi) is 6.72. The number of halogens is 2. The van der Waals surface area contributed by atoms with Gasteiger partial charge in [0, 0.05) is 21.7 Å². The molecule has 0 spiro atoms. The lowest BCUT2D eigenvalue weighted by atomic mass is 9.75. The maximum atomic E-state index is 13.3. The summed E-state index contributed by atoms with van der Waals surface area (Å²) in [5, 5.41) is 4.99. The number of benzene rings is 2. The molecule has 0 saturated heterocycles. The molecule has 3 aliphatic rings. The van der Waals surface area contributed by atoms with E-state index >= 15 is 0 Å². The van der Waals surface area contributed by atoms with Gasteiger partial charge in [-0.1, -0.05) is 40.6 Å². The largest absolute Gasteiger partial charge is 0.493 e. The number of fused-ring (bicyclic) bond motifs is 6. The van der Waals surface area contributed by atoms with Crippen LogP contribution in [0.25, 0.3) is 0 Å². The van der Waals surface area contributed by atoms with E-state index in [-0.39, 0.29) is 23.2 Å². The van der Waals surface area contributed by atoms with Crippen molar-refractivity contribution in [3.63, 3.8) is 0 Å². The highest BCUT2D eigenvalue weighted by Crippen LogP contribution is 2.64. The van der Waals surface area contributed by atoms with Gasteiger partial charge in [0.05, 0.1) is 29.3 Å². The van der Waals surface area contributed by atoms with Gasteiger partial charge in [-0.05, 0) is 72.9 Å². The van der Waals surface area contributed by atoms with Crippen molar-refractivity contribution in [2.24, 2.45) is 17.8 Å². The summed E-state index contributed by atoms with van der Waals surface area (Å²) in [6.45, 7) is -0.0535. The van der Waals surface area contributed by atoms with E-state index in [1.807, 2.05) is 6.07 Å². The lowest BCUT2D eigenvalue weighted by Gasteiger charge is -2.40. The summed E-state index contributed by atoms with van der Waals surface area (Å²) in [6.07, 6.45) is 3.72. The SMILES string of the molecule is COc1ccc(C2c3sc(=O)n(CC(=O)Nc4ccc(Cl)c(Cl)c4)c3SC3C4CCC(C4)C23)cc1OC. The molecule has 6 nitrogen and oxygen atoms in total. The zero-order valence-electron chi connectivity index (χ0n) is 20.3. The molecule has 5 unspecified atom stereocenters. The average molecular weight is 578 g/mol. The van der Waals surface area contributed by atoms with Crippen LogP contribution in [-0.2, 0) is 11.3 Å². The number of thiazole rings is 1. The molecule has 5 atom stereocenters. The average Bonchev–Trinajstić information content (AvgIpc) is 3.59. The first-order chi connectivity index (χ1) is 17.9. The number of aromatic nitrogens is 1. The number of nitrogens with one attached hydrogen (secondary N) is 1. The van der Waals surface area contributed by atoms with Crippen LogP contribution in [0.5, 0.6) is 11.5 Å². The molecule has 1 amide bonds. The fourth-order valence-electron chi connectivity index (χ4n) is 6.42. The molecule has 1 N–H and O–H groups in total. The molecule has 2 aliphatic carbocycles. The molecular weight excluding hydrogens is 551 g/mol. The summed E-state index contributed by atoms with van der Waals surface area (Å²) in [5.41, 5.74) is 1.68. The first kappa shape index (κ1) is 25.2. The van der Waals surface area contributed by atoms with Gasteiger partial charge in [-0.3, -0.25) is 14.2 Å². The Morgan fingerprint density at radius 1 is 1.05 bits per heavy atom. The normalized spacial score (nSPS) is 25.5. The maximum absolute atomic E-state index is 13.3. The number of anilines is 1. The van der Waals surface area contributed by atoms with E-state index in [9.17, 15) is 9.59 Å². The van der Waals surface area contributed by atoms with Crippen molar-refractivity contribution in [2.45, 2.75) is 42.0 Å². The topological polar surface area (TPSA) is 69.6 Å². The monoisotopic (exact) mass is 576 g/mol. The molecule has 2 heterocycles. The van der Waals surface area contributed by atoms with Gasteiger partial charge < -0.3 is 14.8 Å². The first-order valence-corrected chi connectivity index (χ1v) is 14.7. The van der Waals surface area contributed by atoms with Crippen LogP contribution >= 0.6 is 46.3 Å². The second-order valence-corrected chi connectivity index (χ2v) is 12.9. The third kappa shape index (κ3) is 4.36. The predicted molar refractivity (Wildman–Crippen MR) is 149 cm³/mol. The number of nitrogens with zero attached hydrogens (tertiary/aromatic N) is 1. The van der Waals surface area contributed by atoms with Crippen molar-refractivity contribution in [1.82, 2.24) is 4.57 Å². The highest BCUT2D eigenvalue weighted by atomic mass is 35.5. The molecule has 2 saturated carbocycles. The second kappa shape index (κ2) is 9.88. The molecule has 6 rings (SSSR count). The third-order valence-electron chi connectivity index (χ3n) is 7.96. The summed E-state index contributed by atoms with van der Waals surface area (Å²) >= 11 is 15.2. The summed E-state index contributed by atoms with van der Waals surface area (Å²) in [5.74, 6) is 2.94. The van der Waals surface area contributed by atoms with E-state index < -0.39 is 0 Å². The number of amides is 1. The quantitative estimate of drug-likeness (QED) is 0.361. The van der Waals surface area contributed by atoms with Crippen molar-refractivity contribution < 1.29 is 14.3 Å². The number of thioether (sulfide) groups is 1. The van der Waals surface area contributed by atoms with Gasteiger partial charge in [-0.2, -0.15) is 0 Å². The smallest absolute Gasteiger partial charge is 0.308 e. The zero-order chi connectivity index (χ0) is 25.8. The fraction of sp³-hybridized carbons (Fsp3) is 0.407. The summed E-state index contributed by atoms with van der Waals surface area (Å²) < 4.78 is 12.7. The minimum Gasteiger partial charge on any atom is -0.493 e. The van der Waals surface area contributed by atoms with Crippen LogP contribution < -0.4 is 19.7 Å². The van der Waals surface area contributed by atoms with Gasteiger partial charge >= 0.3 is 4.87 Å². The Bertz CT molecular complexity index is 1440. The van der Waals surface area contributed by atoms with Crippen LogP contribution in [0.3, 0.4) is 0 Å². The predicted octanol–water partition coefficient (Wildman–Crippen LogP) is 6.52. The van der Waals surface area contributed by atoms with E-state index in [0.717, 1.165) is 15.5 Å². The van der Waals surface area contributed by atoms with Crippen LogP contribution in [-0.4, -0.2) is 29.9 Å². The van der Waals surface area contributed by atoms with Crippen LogP contribution in [0.4, 0.5) is 5.69 Å². The number of hydrogen-bond acceptors (Lipinski definition) is 6. The standard InChI is InChI=1S/C27H26Cl2N2O4S2/c1-34-19-8-5-14(10-20(19)35-2)23-22-13-3-4-15(9-13)24(22)36-26-25(23)37-27(33)31(26)12-21(32)30-16-6-7-17(28)18(29)11-16/h5-8,10-11,13,15,22-24H,3-4,9,12H2,1-2H3,(H,30,32). The van der Waals surface area contributed by atoms with Gasteiger partial charge in [0.1, 0.15) is 6.54 Å². The Hall–Kier alpha value is -2.13. The van der Waals surface area contributed by atoms with Gasteiger partial charge in [0.25, 0.3) is 0 Å². The van der Waals surface area contributed by atoms with Crippen LogP contribution in [0, 0.1) is 17.8 Å². The summed E-state index contributed by atoms with van der Waals surface area (Å²) in [4.78, 5) is 27.2. The molecule has 2 bridgehead atoms. The Labute approximate surface area is 233 Å². The van der Waals surface area contributed by atoms with Gasteiger partial charge in [0.15, 0.2) is 11.5 Å². The molecule has 2 fully saturated rings. The molecule has 2 aromatic carbocycles. The lowest BCUT2D eigenvalue weighted by Crippen LogP contribution is -2.34. The summed E-state index contributed by atoms with van der Waals surface area (Å²) in [7, 11) is 3.28. The first-order valence-electron chi connectivity index (χ1n) is 12.2. The van der Waals surface area contributed by atoms with E-state index in [1.165, 1.54) is 30.6 Å². The Morgan fingerprint density at radius 3 is 2.59 bits per heavy atom. The minimum atomic E-state index is -0.278. The molecule has 3 aromatic rings. The number of carbonyl (C=O) groups excluding carboxylic acids is 1. The minimum absolute atomic E-state index is 0.0535. The molecular formula is C27H26Cl2N2O4S2. The number of rotatable bonds is 6. The van der Waals surface area contributed by atoms with Crippen molar-refractivity contribution in [3.8, 4) is 11.5 Å². The van der Waals surface area contributed by atoms with Crippen LogP contribution in [0.1, 0.15) is 35.6 Å². The van der Waals surface area contributed by atoms with Gasteiger partial charge in [-0.15, -0.1) is 11.8 Å². The molecule has 1 aromatic heterocycles. The molecule has 10 heteroatoms. The third-order valence-corrected chi connectivity index (χ3v) is 11.5. The van der Waals surface area contributed by atoms with Crippen molar-refractivity contribution >= 4 is 57.9 Å². The van der Waals surface area contributed by atoms with Gasteiger partial charge in [0.2, 0.25) is 5.91 Å². The van der Waals surface area contributed by atoms with Crippen LogP contribution in [0.15, 0.2) is 46.2 Å². The number of methoxy groups -OCH3 is 2. The Morgan fingerprint density at radius 2 is 1.84 bits per heavy atom. The van der Waals surface area contributed by atoms with E-state index in [1.54, 1.807) is 48.7 Å². The molecule has 1 aliphatic heterocycles. The number of carbonyl (C=O) groups is 1. The van der Waals surface area contributed by atoms with Crippen molar-refractivity contribution in [1.29, 1.82) is 0 Å². The molecule has 194 valence electrons. The Balaban J connectivity index is 1.37. The van der Waals surface area contributed by atoms with E-state index in [0.29, 0.717) is 50.2 Å². The second-order valence-electron chi connectivity index (χ2n) is 9.89. The van der Waals surface area contributed by atoms with Gasteiger partial charge in [-0.25, -0.2) is 0 Å².